The zero-order valence-corrected chi connectivity index (χ0v) is 44.7. The summed E-state index contributed by atoms with van der Waals surface area (Å²) in [6.07, 6.45) is 5.96. The van der Waals surface area contributed by atoms with Gasteiger partial charge in [0.15, 0.2) is 0 Å². The Hall–Kier alpha value is -9.23. The lowest BCUT2D eigenvalue weighted by atomic mass is 9.81. The van der Waals surface area contributed by atoms with E-state index in [0.717, 1.165) is 60.9 Å². The van der Waals surface area contributed by atoms with Gasteiger partial charge in [-0.15, -0.1) is 0 Å². The van der Waals surface area contributed by atoms with Crippen molar-refractivity contribution in [2.24, 2.45) is 23.7 Å². The maximum absolute atomic E-state index is 13.8. The Balaban J connectivity index is 0.000000181. The Morgan fingerprint density at radius 2 is 1.00 bits per heavy atom. The highest BCUT2D eigenvalue weighted by Crippen LogP contribution is 2.31. The molecule has 2 fully saturated rings. The van der Waals surface area contributed by atoms with Crippen LogP contribution in [0.5, 0.6) is 0 Å². The second kappa shape index (κ2) is 24.6. The largest absolute Gasteiger partial charge is 0.352 e. The van der Waals surface area contributed by atoms with Gasteiger partial charge < -0.3 is 10.6 Å². The van der Waals surface area contributed by atoms with E-state index < -0.39 is 5.69 Å². The molecule has 2 amide bonds. The van der Waals surface area contributed by atoms with Gasteiger partial charge in [-0.05, 0) is 129 Å². The molecule has 16 nitrogen and oxygen atoms in total. The monoisotopic (exact) mass is 1070 g/mol. The first-order valence-electron chi connectivity index (χ1n) is 27.5. The zero-order chi connectivity index (χ0) is 55.7. The summed E-state index contributed by atoms with van der Waals surface area (Å²) in [6, 6.07) is 50.1. The Bertz CT molecular complexity index is 4080. The number of pyridine rings is 1. The highest BCUT2D eigenvalue weighted by atomic mass is 16.2. The Kier molecular flexibility index (Phi) is 16.7. The van der Waals surface area contributed by atoms with Gasteiger partial charge in [0.25, 0.3) is 16.7 Å². The van der Waals surface area contributed by atoms with Crippen molar-refractivity contribution in [3.8, 4) is 6.07 Å². The van der Waals surface area contributed by atoms with Gasteiger partial charge in [0.05, 0.1) is 52.2 Å². The Morgan fingerprint density at radius 1 is 0.537 bits per heavy atom. The Morgan fingerprint density at radius 3 is 1.51 bits per heavy atom. The van der Waals surface area contributed by atoms with Crippen LogP contribution in [0.25, 0.3) is 27.5 Å². The molecule has 0 unspecified atom stereocenters. The highest BCUT2D eigenvalue weighted by Gasteiger charge is 2.29. The van der Waals surface area contributed by atoms with Crippen LogP contribution < -0.4 is 38.7 Å². The minimum Gasteiger partial charge on any atom is -0.352 e. The van der Waals surface area contributed by atoms with Gasteiger partial charge in [-0.25, -0.2) is 14.6 Å². The predicted molar refractivity (Wildman–Crippen MR) is 308 cm³/mol. The third-order valence-corrected chi connectivity index (χ3v) is 15.9. The number of fused-ring (bicyclic) bond motifs is 3. The van der Waals surface area contributed by atoms with E-state index in [4.69, 9.17) is 0 Å². The number of nitriles is 1. The molecule has 2 N–H and O–H groups in total. The molecule has 0 bridgehead atoms. The molecule has 80 heavy (non-hydrogen) atoms. The lowest BCUT2D eigenvalue weighted by Crippen LogP contribution is -2.42. The van der Waals surface area contributed by atoms with E-state index in [0.29, 0.717) is 71.2 Å². The number of hydrogen-bond acceptors (Lipinski definition) is 9. The quantitative estimate of drug-likeness (QED) is 0.109. The van der Waals surface area contributed by atoms with E-state index in [2.05, 4.69) is 21.7 Å². The van der Waals surface area contributed by atoms with Gasteiger partial charge in [-0.2, -0.15) is 5.26 Å². The number of carbonyl (C=O) groups excluding carboxylic acids is 2. The molecule has 5 aromatic carbocycles. The van der Waals surface area contributed by atoms with Crippen LogP contribution >= 0.6 is 0 Å². The molecular weight excluding hydrogens is 1010 g/mol. The zero-order valence-electron chi connectivity index (χ0n) is 44.7. The van der Waals surface area contributed by atoms with E-state index in [1.807, 2.05) is 97.9 Å². The summed E-state index contributed by atoms with van der Waals surface area (Å²) in [4.78, 5) is 97.4. The topological polar surface area (TPSA) is 204 Å². The van der Waals surface area contributed by atoms with E-state index >= 15 is 0 Å². The van der Waals surface area contributed by atoms with Crippen LogP contribution in [0.15, 0.2) is 182 Å². The lowest BCUT2D eigenvalue weighted by molar-refractivity contribution is -0.127. The molecule has 406 valence electrons. The summed E-state index contributed by atoms with van der Waals surface area (Å²) in [7, 11) is 0. The molecule has 0 atom stereocenters. The molecule has 4 aromatic heterocycles. The molecule has 4 heterocycles. The van der Waals surface area contributed by atoms with E-state index in [1.54, 1.807) is 65.2 Å². The Labute approximate surface area is 461 Å². The number of hydrogen-bond donors (Lipinski definition) is 2. The molecule has 0 saturated heterocycles. The van der Waals surface area contributed by atoms with Crippen molar-refractivity contribution in [3.05, 3.63) is 243 Å². The van der Waals surface area contributed by atoms with Crippen LogP contribution in [-0.4, -0.2) is 39.5 Å². The fourth-order valence-corrected chi connectivity index (χ4v) is 11.5. The summed E-state index contributed by atoms with van der Waals surface area (Å²) in [6.45, 7) is 3.73. The molecule has 0 spiro atoms. The van der Waals surface area contributed by atoms with E-state index in [-0.39, 0.29) is 77.5 Å². The number of para-hydroxylation sites is 2. The average Bonchev–Trinajstić information content (AvgIpc) is 3.59. The second-order valence-electron chi connectivity index (χ2n) is 21.2. The summed E-state index contributed by atoms with van der Waals surface area (Å²) in [5.41, 5.74) is 4.53. The van der Waals surface area contributed by atoms with Crippen LogP contribution in [0.3, 0.4) is 0 Å². The second-order valence-corrected chi connectivity index (χ2v) is 21.2. The maximum atomic E-state index is 13.8. The summed E-state index contributed by atoms with van der Waals surface area (Å²) in [5, 5.41) is 16.5. The molecule has 2 aliphatic carbocycles. The minimum atomic E-state index is -0.423. The molecule has 2 saturated carbocycles. The molecule has 9 aromatic rings. The van der Waals surface area contributed by atoms with Crippen molar-refractivity contribution in [1.82, 2.24) is 38.3 Å². The van der Waals surface area contributed by atoms with Crippen LogP contribution in [0.2, 0.25) is 0 Å². The number of benzene rings is 5. The molecule has 11 rings (SSSR count). The molecular formula is C64H63N9O7. The predicted octanol–water partition coefficient (Wildman–Crippen LogP) is 7.86. The van der Waals surface area contributed by atoms with Crippen LogP contribution in [0, 0.1) is 41.9 Å². The molecule has 16 heteroatoms. The number of nitrogens with zero attached hydrogens (tertiary/aromatic N) is 7. The standard InChI is InChI=1S/C33H33N5O4.C31H30N4O3/c1-22-8-7-13-29-35-26(18-30(39)38(22)29)21-36-28-12-6-5-11-27(28)32(41)37(33(36)42)20-24-14-16-25(17-15-24)31(40)34-19-23-9-3-2-4-10-23;32-18-25-10-4-5-11-26(25)21-34-28-13-7-6-12-27(28)30(37)35(31(34)38)20-23-14-16-24(17-15-23)29(36)33-19-22-8-2-1-3-9-22/h2-13,18,24-25H,14-17,19-21H2,1H3,(H,34,40);1-13,23-24H,14-17,19-21H2,(H,33,36). The summed E-state index contributed by atoms with van der Waals surface area (Å²) < 4.78 is 7.32. The minimum absolute atomic E-state index is 0.0523. The van der Waals surface area contributed by atoms with Gasteiger partial charge >= 0.3 is 11.4 Å². The smallest absolute Gasteiger partial charge is 0.331 e. The maximum Gasteiger partial charge on any atom is 0.331 e. The third kappa shape index (κ3) is 12.1. The van der Waals surface area contributed by atoms with Gasteiger partial charge in [-0.3, -0.25) is 46.6 Å². The van der Waals surface area contributed by atoms with Gasteiger partial charge in [0, 0.05) is 49.8 Å². The van der Waals surface area contributed by atoms with Crippen LogP contribution in [0.1, 0.15) is 85.0 Å². The number of aryl methyl sites for hydroxylation is 1. The highest BCUT2D eigenvalue weighted by molar-refractivity contribution is 5.80. The van der Waals surface area contributed by atoms with Gasteiger partial charge in [-0.1, -0.05) is 109 Å². The van der Waals surface area contributed by atoms with Crippen molar-refractivity contribution in [2.45, 2.75) is 97.6 Å². The molecule has 0 aliphatic heterocycles. The fourth-order valence-electron chi connectivity index (χ4n) is 11.5. The van der Waals surface area contributed by atoms with Crippen LogP contribution in [-0.2, 0) is 48.9 Å². The first kappa shape index (κ1) is 54.1. The SMILES string of the molecule is Cc1cccc2nc(Cn3c(=O)n(CC4CCC(C(=O)NCc5ccccc5)CC4)c(=O)c4ccccc43)cc(=O)n12.N#Cc1ccccc1Cn1c(=O)n(CC2CCC(C(=O)NCc3ccccc3)CC2)c(=O)c2ccccc21. The summed E-state index contributed by atoms with van der Waals surface area (Å²) >= 11 is 0. The normalized spacial score (nSPS) is 17.1. The first-order valence-corrected chi connectivity index (χ1v) is 27.5. The number of amides is 2. The van der Waals surface area contributed by atoms with Crippen LogP contribution in [0.4, 0.5) is 0 Å². The van der Waals surface area contributed by atoms with E-state index in [1.165, 1.54) is 24.2 Å². The molecule has 0 radical (unpaired) electrons. The lowest BCUT2D eigenvalue weighted by Gasteiger charge is -2.28. The van der Waals surface area contributed by atoms with Crippen molar-refractivity contribution < 1.29 is 9.59 Å². The first-order chi connectivity index (χ1) is 38.9. The van der Waals surface area contributed by atoms with Crippen molar-refractivity contribution in [1.29, 1.82) is 5.26 Å². The van der Waals surface area contributed by atoms with E-state index in [9.17, 15) is 38.8 Å². The number of rotatable bonds is 14. The number of aromatic nitrogens is 6. The summed E-state index contributed by atoms with van der Waals surface area (Å²) in [5.74, 6) is 0.235. The fraction of sp³-hybridized carbons (Fsp3) is 0.297. The average molecular weight is 1070 g/mol. The van der Waals surface area contributed by atoms with Crippen molar-refractivity contribution in [3.63, 3.8) is 0 Å². The number of carbonyl (C=O) groups is 2. The van der Waals surface area contributed by atoms with Gasteiger partial charge in [0.1, 0.15) is 5.65 Å². The third-order valence-electron chi connectivity index (χ3n) is 15.9. The molecule has 2 aliphatic rings. The number of nitrogens with one attached hydrogen (secondary N) is 2. The van der Waals surface area contributed by atoms with Crippen molar-refractivity contribution >= 4 is 39.3 Å². The van der Waals surface area contributed by atoms with Gasteiger partial charge in [0.2, 0.25) is 11.8 Å². The van der Waals surface area contributed by atoms with Crippen molar-refractivity contribution in [2.75, 3.05) is 0 Å².